The minimum absolute atomic E-state index is 0.0388. The van der Waals surface area contributed by atoms with Crippen LogP contribution < -0.4 is 10.2 Å². The van der Waals surface area contributed by atoms with E-state index >= 15 is 0 Å². The lowest BCUT2D eigenvalue weighted by Gasteiger charge is -2.14. The molecule has 7 nitrogen and oxygen atoms in total. The van der Waals surface area contributed by atoms with Crippen molar-refractivity contribution in [1.82, 2.24) is 0 Å². The standard InChI is InChI=1S/C21H20N2O5S/c1-3-13-5-7-14(8-6-13)23-19(25)17(29-21(23)28)11-18(24)22-16-10-12(2)4-9-15(16)20(26)27/h4-10,17H,3,11H2,1-2H3,(H,22,24)(H,26,27). The quantitative estimate of drug-likeness (QED) is 0.747. The Bertz CT molecular complexity index is 987. The van der Waals surface area contributed by atoms with Gasteiger partial charge >= 0.3 is 5.97 Å². The first-order valence-corrected chi connectivity index (χ1v) is 9.95. The summed E-state index contributed by atoms with van der Waals surface area (Å²) < 4.78 is 0. The van der Waals surface area contributed by atoms with Gasteiger partial charge in [-0.05, 0) is 60.5 Å². The predicted molar refractivity (Wildman–Crippen MR) is 111 cm³/mol. The van der Waals surface area contributed by atoms with Crippen molar-refractivity contribution in [3.8, 4) is 0 Å². The number of thioether (sulfide) groups is 1. The van der Waals surface area contributed by atoms with Crippen molar-refractivity contribution in [2.24, 2.45) is 0 Å². The van der Waals surface area contributed by atoms with Crippen molar-refractivity contribution < 1.29 is 24.3 Å². The van der Waals surface area contributed by atoms with E-state index in [9.17, 15) is 24.3 Å². The number of anilines is 2. The van der Waals surface area contributed by atoms with Gasteiger partial charge < -0.3 is 10.4 Å². The Morgan fingerprint density at radius 3 is 2.45 bits per heavy atom. The molecule has 0 spiro atoms. The number of carbonyl (C=O) groups excluding carboxylic acids is 3. The number of aromatic carboxylic acids is 1. The summed E-state index contributed by atoms with van der Waals surface area (Å²) >= 11 is 0.799. The minimum atomic E-state index is -1.16. The number of hydrogen-bond acceptors (Lipinski definition) is 5. The van der Waals surface area contributed by atoms with E-state index in [1.807, 2.05) is 19.1 Å². The second-order valence-corrected chi connectivity index (χ2v) is 7.83. The van der Waals surface area contributed by atoms with Gasteiger partial charge in [-0.15, -0.1) is 0 Å². The average molecular weight is 412 g/mol. The number of nitrogens with zero attached hydrogens (tertiary/aromatic N) is 1. The highest BCUT2D eigenvalue weighted by Gasteiger charge is 2.41. The molecule has 0 saturated carbocycles. The largest absolute Gasteiger partial charge is 0.478 e. The SMILES string of the molecule is CCc1ccc(N2C(=O)SC(CC(=O)Nc3cc(C)ccc3C(=O)O)C2=O)cc1. The third-order valence-corrected chi connectivity index (χ3v) is 5.61. The number of carboxylic acids is 1. The smallest absolute Gasteiger partial charge is 0.337 e. The fourth-order valence-electron chi connectivity index (χ4n) is 3.02. The van der Waals surface area contributed by atoms with Crippen LogP contribution in [0.15, 0.2) is 42.5 Å². The van der Waals surface area contributed by atoms with Crippen LogP contribution in [0.3, 0.4) is 0 Å². The van der Waals surface area contributed by atoms with Crippen LogP contribution in [0.5, 0.6) is 0 Å². The van der Waals surface area contributed by atoms with Crippen LogP contribution >= 0.6 is 11.8 Å². The lowest BCUT2D eigenvalue weighted by molar-refractivity contribution is -0.121. The molecule has 1 heterocycles. The van der Waals surface area contributed by atoms with Crippen LogP contribution in [-0.2, 0) is 16.0 Å². The van der Waals surface area contributed by atoms with Gasteiger partial charge in [0.15, 0.2) is 0 Å². The number of carboxylic acid groups (broad SMARTS) is 1. The number of imide groups is 1. The third kappa shape index (κ3) is 4.48. The molecule has 0 bridgehead atoms. The molecule has 1 aliphatic heterocycles. The zero-order valence-corrected chi connectivity index (χ0v) is 16.8. The zero-order chi connectivity index (χ0) is 21.1. The monoisotopic (exact) mass is 412 g/mol. The molecule has 150 valence electrons. The Morgan fingerprint density at radius 2 is 1.83 bits per heavy atom. The third-order valence-electron chi connectivity index (χ3n) is 4.57. The van der Waals surface area contributed by atoms with E-state index in [4.69, 9.17) is 0 Å². The summed E-state index contributed by atoms with van der Waals surface area (Å²) in [6.45, 7) is 3.79. The van der Waals surface area contributed by atoms with Gasteiger partial charge in [0, 0.05) is 6.42 Å². The van der Waals surface area contributed by atoms with Crippen LogP contribution in [0.25, 0.3) is 0 Å². The van der Waals surface area contributed by atoms with Gasteiger partial charge in [0.1, 0.15) is 5.25 Å². The van der Waals surface area contributed by atoms with E-state index in [1.54, 1.807) is 31.2 Å². The van der Waals surface area contributed by atoms with Crippen molar-refractivity contribution in [1.29, 1.82) is 0 Å². The van der Waals surface area contributed by atoms with Gasteiger partial charge in [-0.1, -0.05) is 25.1 Å². The van der Waals surface area contributed by atoms with Crippen LogP contribution in [0.2, 0.25) is 0 Å². The summed E-state index contributed by atoms with van der Waals surface area (Å²) in [4.78, 5) is 49.9. The number of aryl methyl sites for hydroxylation is 2. The van der Waals surface area contributed by atoms with E-state index < -0.39 is 28.3 Å². The second kappa shape index (κ2) is 8.48. The van der Waals surface area contributed by atoms with Crippen molar-refractivity contribution in [3.05, 3.63) is 59.2 Å². The van der Waals surface area contributed by atoms with Crippen LogP contribution in [-0.4, -0.2) is 33.4 Å². The molecule has 29 heavy (non-hydrogen) atoms. The van der Waals surface area contributed by atoms with Crippen molar-refractivity contribution in [3.63, 3.8) is 0 Å². The van der Waals surface area contributed by atoms with E-state index in [2.05, 4.69) is 5.32 Å². The number of rotatable bonds is 6. The summed E-state index contributed by atoms with van der Waals surface area (Å²) in [7, 11) is 0. The summed E-state index contributed by atoms with van der Waals surface area (Å²) in [6, 6.07) is 11.7. The van der Waals surface area contributed by atoms with E-state index in [0.29, 0.717) is 5.69 Å². The van der Waals surface area contributed by atoms with Gasteiger partial charge in [-0.2, -0.15) is 0 Å². The molecular weight excluding hydrogens is 392 g/mol. The van der Waals surface area contributed by atoms with Crippen LogP contribution in [0, 0.1) is 6.92 Å². The van der Waals surface area contributed by atoms with Gasteiger partial charge in [-0.25, -0.2) is 9.69 Å². The van der Waals surface area contributed by atoms with Gasteiger partial charge in [-0.3, -0.25) is 14.4 Å². The number of nitrogens with one attached hydrogen (secondary N) is 1. The lowest BCUT2D eigenvalue weighted by Crippen LogP contribution is -2.33. The maximum absolute atomic E-state index is 12.7. The Hall–Kier alpha value is -3.13. The van der Waals surface area contributed by atoms with Crippen molar-refractivity contribution in [2.75, 3.05) is 10.2 Å². The molecule has 1 atom stereocenters. The second-order valence-electron chi connectivity index (χ2n) is 6.67. The lowest BCUT2D eigenvalue weighted by atomic mass is 10.1. The molecule has 8 heteroatoms. The first-order valence-electron chi connectivity index (χ1n) is 9.07. The molecule has 1 fully saturated rings. The molecule has 3 rings (SSSR count). The van der Waals surface area contributed by atoms with Crippen LogP contribution in [0.1, 0.15) is 34.8 Å². The number of amides is 3. The van der Waals surface area contributed by atoms with Gasteiger partial charge in [0.05, 0.1) is 16.9 Å². The van der Waals surface area contributed by atoms with Crippen LogP contribution in [0.4, 0.5) is 16.2 Å². The Kier molecular flexibility index (Phi) is 6.03. The zero-order valence-electron chi connectivity index (χ0n) is 16.0. The summed E-state index contributed by atoms with van der Waals surface area (Å²) in [6.07, 6.45) is 0.614. The molecule has 1 aliphatic rings. The fraction of sp³-hybridized carbons (Fsp3) is 0.238. The minimum Gasteiger partial charge on any atom is -0.478 e. The molecule has 3 amide bonds. The molecule has 0 aliphatic carbocycles. The molecule has 2 aromatic rings. The Balaban J connectivity index is 1.72. The summed E-state index contributed by atoms with van der Waals surface area (Å²) in [5.41, 5.74) is 2.47. The fourth-order valence-corrected chi connectivity index (χ4v) is 4.00. The first-order chi connectivity index (χ1) is 13.8. The first kappa shape index (κ1) is 20.6. The van der Waals surface area contributed by atoms with E-state index in [-0.39, 0.29) is 17.7 Å². The molecule has 0 aromatic heterocycles. The number of benzene rings is 2. The van der Waals surface area contributed by atoms with E-state index in [1.165, 1.54) is 6.07 Å². The molecule has 2 N–H and O–H groups in total. The maximum Gasteiger partial charge on any atom is 0.337 e. The summed E-state index contributed by atoms with van der Waals surface area (Å²) in [5, 5.41) is 10.5. The Morgan fingerprint density at radius 1 is 1.14 bits per heavy atom. The van der Waals surface area contributed by atoms with Crippen molar-refractivity contribution >= 4 is 46.2 Å². The number of hydrogen-bond donors (Lipinski definition) is 2. The normalized spacial score (nSPS) is 16.2. The highest BCUT2D eigenvalue weighted by Crippen LogP contribution is 2.34. The highest BCUT2D eigenvalue weighted by molar-refractivity contribution is 8.15. The summed E-state index contributed by atoms with van der Waals surface area (Å²) in [5.74, 6) is -2.15. The average Bonchev–Trinajstić information content (AvgIpc) is 2.94. The highest BCUT2D eigenvalue weighted by atomic mass is 32.2. The molecule has 1 unspecified atom stereocenters. The molecule has 2 aromatic carbocycles. The van der Waals surface area contributed by atoms with Gasteiger partial charge in [0.25, 0.3) is 5.24 Å². The van der Waals surface area contributed by atoms with E-state index in [0.717, 1.165) is 34.2 Å². The predicted octanol–water partition coefficient (Wildman–Crippen LogP) is 3.85. The Labute approximate surface area is 172 Å². The molecule has 0 radical (unpaired) electrons. The topological polar surface area (TPSA) is 104 Å². The van der Waals surface area contributed by atoms with Crippen molar-refractivity contribution in [2.45, 2.75) is 31.9 Å². The maximum atomic E-state index is 12.7. The number of carbonyl (C=O) groups is 4. The molecular formula is C21H20N2O5S. The molecule has 1 saturated heterocycles. The van der Waals surface area contributed by atoms with Gasteiger partial charge in [0.2, 0.25) is 11.8 Å².